The molecule has 9 heavy (non-hydrogen) atoms. The third-order valence-corrected chi connectivity index (χ3v) is 1.45. The maximum absolute atomic E-state index is 10.6. The SMILES string of the molecule is CNC1COC(=O)N1C. The van der Waals surface area contributed by atoms with Gasteiger partial charge in [-0.3, -0.25) is 10.2 Å². The standard InChI is InChI=1S/C5H10N2O2/c1-6-4-3-9-5(8)7(4)2/h4,6H,3H2,1-2H3. The molecule has 52 valence electrons. The van der Waals surface area contributed by atoms with Crippen molar-refractivity contribution in [1.29, 1.82) is 0 Å². The highest BCUT2D eigenvalue weighted by atomic mass is 16.6. The Morgan fingerprint density at radius 1 is 1.89 bits per heavy atom. The van der Waals surface area contributed by atoms with Gasteiger partial charge in [-0.05, 0) is 7.05 Å². The Morgan fingerprint density at radius 3 is 2.78 bits per heavy atom. The fourth-order valence-corrected chi connectivity index (χ4v) is 0.768. The third kappa shape index (κ3) is 0.977. The molecule has 1 rings (SSSR count). The van der Waals surface area contributed by atoms with Crippen molar-refractivity contribution in [2.45, 2.75) is 6.17 Å². The van der Waals surface area contributed by atoms with E-state index < -0.39 is 0 Å². The number of likely N-dealkylation sites (N-methyl/N-ethyl adjacent to an activating group) is 2. The summed E-state index contributed by atoms with van der Waals surface area (Å²) in [6.07, 6.45) is -0.202. The van der Waals surface area contributed by atoms with Crippen LogP contribution in [0.3, 0.4) is 0 Å². The van der Waals surface area contributed by atoms with Crippen LogP contribution in [0.15, 0.2) is 0 Å². The van der Waals surface area contributed by atoms with Gasteiger partial charge in [-0.1, -0.05) is 0 Å². The van der Waals surface area contributed by atoms with Gasteiger partial charge in [0.1, 0.15) is 12.8 Å². The first-order valence-corrected chi connectivity index (χ1v) is 2.82. The van der Waals surface area contributed by atoms with Gasteiger partial charge in [0, 0.05) is 7.05 Å². The molecule has 1 N–H and O–H groups in total. The lowest BCUT2D eigenvalue weighted by Crippen LogP contribution is -2.39. The zero-order chi connectivity index (χ0) is 6.85. The van der Waals surface area contributed by atoms with Gasteiger partial charge < -0.3 is 4.74 Å². The zero-order valence-corrected chi connectivity index (χ0v) is 5.55. The van der Waals surface area contributed by atoms with Crippen LogP contribution in [0.4, 0.5) is 4.79 Å². The van der Waals surface area contributed by atoms with Crippen LogP contribution in [-0.2, 0) is 4.74 Å². The molecule has 0 radical (unpaired) electrons. The Kier molecular flexibility index (Phi) is 1.57. The van der Waals surface area contributed by atoms with Crippen molar-refractivity contribution >= 4 is 6.09 Å². The number of carbonyl (C=O) groups is 1. The quantitative estimate of drug-likeness (QED) is 0.525. The maximum atomic E-state index is 10.6. The van der Waals surface area contributed by atoms with E-state index in [1.807, 2.05) is 0 Å². The Morgan fingerprint density at radius 2 is 2.56 bits per heavy atom. The molecule has 4 nitrogen and oxygen atoms in total. The molecule has 0 spiro atoms. The number of cyclic esters (lactones) is 1. The fourth-order valence-electron chi connectivity index (χ4n) is 0.768. The summed E-state index contributed by atoms with van der Waals surface area (Å²) in [4.78, 5) is 12.1. The summed E-state index contributed by atoms with van der Waals surface area (Å²) in [5, 5.41) is 2.92. The molecule has 0 aliphatic carbocycles. The minimum absolute atomic E-state index is 0.0532. The van der Waals surface area contributed by atoms with Crippen LogP contribution in [0, 0.1) is 0 Å². The predicted octanol–water partition coefficient (Wildman–Crippen LogP) is -0.386. The van der Waals surface area contributed by atoms with E-state index >= 15 is 0 Å². The molecular weight excluding hydrogens is 120 g/mol. The van der Waals surface area contributed by atoms with Crippen LogP contribution in [0.1, 0.15) is 0 Å². The smallest absolute Gasteiger partial charge is 0.411 e. The van der Waals surface area contributed by atoms with Crippen molar-refractivity contribution in [3.05, 3.63) is 0 Å². The second kappa shape index (κ2) is 2.23. The number of nitrogens with zero attached hydrogens (tertiary/aromatic N) is 1. The summed E-state index contributed by atoms with van der Waals surface area (Å²) in [6.45, 7) is 0.450. The number of amides is 1. The van der Waals surface area contributed by atoms with Crippen LogP contribution < -0.4 is 5.32 Å². The predicted molar refractivity (Wildman–Crippen MR) is 32.0 cm³/mol. The van der Waals surface area contributed by atoms with Crippen molar-refractivity contribution in [3.8, 4) is 0 Å². The number of carbonyl (C=O) groups excluding carboxylic acids is 1. The largest absolute Gasteiger partial charge is 0.446 e. The van der Waals surface area contributed by atoms with Gasteiger partial charge in [-0.2, -0.15) is 0 Å². The minimum atomic E-state index is -0.255. The highest BCUT2D eigenvalue weighted by molar-refractivity contribution is 5.69. The van der Waals surface area contributed by atoms with Crippen molar-refractivity contribution in [2.75, 3.05) is 20.7 Å². The molecule has 1 aliphatic heterocycles. The normalized spacial score (nSPS) is 26.7. The topological polar surface area (TPSA) is 41.6 Å². The van der Waals surface area contributed by atoms with Crippen LogP contribution in [0.2, 0.25) is 0 Å². The van der Waals surface area contributed by atoms with E-state index in [9.17, 15) is 4.79 Å². The van der Waals surface area contributed by atoms with Gasteiger partial charge in [-0.15, -0.1) is 0 Å². The van der Waals surface area contributed by atoms with Gasteiger partial charge in [0.15, 0.2) is 0 Å². The molecule has 1 fully saturated rings. The first-order valence-electron chi connectivity index (χ1n) is 2.82. The van der Waals surface area contributed by atoms with Gasteiger partial charge in [0.05, 0.1) is 0 Å². The average molecular weight is 130 g/mol. The maximum Gasteiger partial charge on any atom is 0.411 e. The molecular formula is C5H10N2O2. The molecule has 0 saturated carbocycles. The zero-order valence-electron chi connectivity index (χ0n) is 5.55. The molecule has 0 aromatic rings. The van der Waals surface area contributed by atoms with Gasteiger partial charge in [-0.25, -0.2) is 4.79 Å². The van der Waals surface area contributed by atoms with Crippen LogP contribution >= 0.6 is 0 Å². The van der Waals surface area contributed by atoms with E-state index in [2.05, 4.69) is 5.32 Å². The van der Waals surface area contributed by atoms with Crippen molar-refractivity contribution in [3.63, 3.8) is 0 Å². The average Bonchev–Trinajstić information content (AvgIpc) is 2.15. The molecule has 4 heteroatoms. The van der Waals surface area contributed by atoms with E-state index in [1.54, 1.807) is 14.1 Å². The van der Waals surface area contributed by atoms with Crippen LogP contribution in [0.5, 0.6) is 0 Å². The molecule has 1 saturated heterocycles. The first-order chi connectivity index (χ1) is 4.25. The lowest BCUT2D eigenvalue weighted by molar-refractivity contribution is 0.163. The molecule has 0 aromatic carbocycles. The van der Waals surface area contributed by atoms with Gasteiger partial charge >= 0.3 is 6.09 Å². The first kappa shape index (κ1) is 6.35. The minimum Gasteiger partial charge on any atom is -0.446 e. The van der Waals surface area contributed by atoms with E-state index in [0.29, 0.717) is 6.61 Å². The summed E-state index contributed by atoms with van der Waals surface area (Å²) in [6, 6.07) is 0. The lowest BCUT2D eigenvalue weighted by atomic mass is 10.5. The van der Waals surface area contributed by atoms with E-state index in [4.69, 9.17) is 4.74 Å². The van der Waals surface area contributed by atoms with E-state index in [0.717, 1.165) is 0 Å². The van der Waals surface area contributed by atoms with Crippen molar-refractivity contribution in [1.82, 2.24) is 10.2 Å². The van der Waals surface area contributed by atoms with E-state index in [1.165, 1.54) is 4.90 Å². The second-order valence-corrected chi connectivity index (χ2v) is 1.99. The third-order valence-electron chi connectivity index (χ3n) is 1.45. The molecule has 1 atom stereocenters. The molecule has 1 unspecified atom stereocenters. The van der Waals surface area contributed by atoms with Gasteiger partial charge in [0.25, 0.3) is 0 Å². The summed E-state index contributed by atoms with van der Waals surface area (Å²) in [5.74, 6) is 0. The number of hydrogen-bond acceptors (Lipinski definition) is 3. The summed E-state index contributed by atoms with van der Waals surface area (Å²) in [5.41, 5.74) is 0. The Bertz CT molecular complexity index is 126. The molecule has 0 bridgehead atoms. The highest BCUT2D eigenvalue weighted by Crippen LogP contribution is 2.04. The van der Waals surface area contributed by atoms with Crippen molar-refractivity contribution < 1.29 is 9.53 Å². The van der Waals surface area contributed by atoms with Crippen LogP contribution in [0.25, 0.3) is 0 Å². The second-order valence-electron chi connectivity index (χ2n) is 1.99. The molecule has 1 heterocycles. The summed E-state index contributed by atoms with van der Waals surface area (Å²) in [7, 11) is 3.50. The Labute approximate surface area is 53.8 Å². The monoisotopic (exact) mass is 130 g/mol. The summed E-state index contributed by atoms with van der Waals surface area (Å²) >= 11 is 0. The molecule has 1 amide bonds. The Balaban J connectivity index is 2.51. The summed E-state index contributed by atoms with van der Waals surface area (Å²) < 4.78 is 4.69. The molecule has 0 aromatic heterocycles. The molecule has 1 aliphatic rings. The number of rotatable bonds is 1. The Hall–Kier alpha value is -0.770. The lowest BCUT2D eigenvalue weighted by Gasteiger charge is -2.13. The fraction of sp³-hybridized carbons (Fsp3) is 0.800. The van der Waals surface area contributed by atoms with Crippen LogP contribution in [-0.4, -0.2) is 37.9 Å². The highest BCUT2D eigenvalue weighted by Gasteiger charge is 2.27. The number of hydrogen-bond donors (Lipinski definition) is 1. The number of nitrogens with one attached hydrogen (secondary N) is 1. The van der Waals surface area contributed by atoms with E-state index in [-0.39, 0.29) is 12.3 Å². The number of ether oxygens (including phenoxy) is 1. The van der Waals surface area contributed by atoms with Gasteiger partial charge in [0.2, 0.25) is 0 Å². The van der Waals surface area contributed by atoms with Crippen molar-refractivity contribution in [2.24, 2.45) is 0 Å².